The number of alkyl halides is 1. The lowest BCUT2D eigenvalue weighted by molar-refractivity contribution is -0.384. The molecule has 1 amide bonds. The van der Waals surface area contributed by atoms with Crippen molar-refractivity contribution in [3.63, 3.8) is 0 Å². The Morgan fingerprint density at radius 1 is 1.00 bits per heavy atom. The normalized spacial score (nSPS) is 25.4. The predicted molar refractivity (Wildman–Crippen MR) is 243 cm³/mol. The van der Waals surface area contributed by atoms with Gasteiger partial charge in [-0.25, -0.2) is 4.79 Å². The SMILES string of the molecule is C=CCO[C@@]12Oc3ccc(Oc4cccc([N+](=O)[O-])c4)cc3[C@H]3[C@H](CCCCO)[C@@H](CCCCO)C=C(C(=NOC4CCCCO4)C[C@@H]1N(Cc1ccc4c(c1)OCO4)C(=O)OCCCl)[C@H]32. The van der Waals surface area contributed by atoms with Gasteiger partial charge in [0.25, 0.3) is 5.69 Å². The van der Waals surface area contributed by atoms with Crippen molar-refractivity contribution in [1.82, 2.24) is 4.90 Å². The van der Waals surface area contributed by atoms with Crippen molar-refractivity contribution >= 4 is 29.1 Å². The number of ether oxygens (including phenoxy) is 7. The summed E-state index contributed by atoms with van der Waals surface area (Å²) in [5.74, 6) is -0.220. The average Bonchev–Trinajstić information content (AvgIpc) is 3.81. The standard InChI is InChI=1S/C49H58ClN3O13/c1-2-22-63-49-44(52(48(56)60-24-19-50)30-32-15-17-42-43(25-32)62-31-61-42)29-40(51-66-45-14-5-8-23-59-45)38-26-33(10-3-6-20-54)37(13-4-7-21-55)46(47(38)49)39-28-36(16-18-41(39)65-49)64-35-12-9-11-34(27-35)53(57)58/h2,9,11-12,15-18,25-28,33,37,44-47,54-55H,1,3-8,10,13-14,19-24,29-31H2/t33-,37+,44-,45?,46+,47+,49+/m0/s1. The topological polar surface area (TPSA) is 190 Å². The zero-order valence-corrected chi connectivity index (χ0v) is 37.7. The van der Waals surface area contributed by atoms with Gasteiger partial charge in [0, 0.05) is 50.1 Å². The fourth-order valence-corrected chi connectivity index (χ4v) is 10.2. The van der Waals surface area contributed by atoms with Gasteiger partial charge in [-0.15, -0.1) is 18.2 Å². The Bertz CT molecular complexity index is 2250. The molecule has 0 aromatic heterocycles. The molecule has 0 bridgehead atoms. The van der Waals surface area contributed by atoms with Crippen LogP contribution in [0, 0.1) is 27.9 Å². The van der Waals surface area contributed by atoms with Crippen LogP contribution in [0.3, 0.4) is 0 Å². The maximum absolute atomic E-state index is 14.7. The molecule has 8 rings (SSSR count). The van der Waals surface area contributed by atoms with E-state index in [4.69, 9.17) is 54.8 Å². The van der Waals surface area contributed by atoms with Crippen LogP contribution in [0.1, 0.15) is 81.3 Å². The van der Waals surface area contributed by atoms with Gasteiger partial charge < -0.3 is 48.2 Å². The molecule has 0 radical (unpaired) electrons. The van der Waals surface area contributed by atoms with Crippen LogP contribution in [0.4, 0.5) is 10.5 Å². The van der Waals surface area contributed by atoms with Crippen molar-refractivity contribution in [3.05, 3.63) is 106 Å². The van der Waals surface area contributed by atoms with Crippen molar-refractivity contribution in [3.8, 4) is 28.7 Å². The number of unbranched alkanes of at least 4 members (excludes halogenated alkanes) is 2. The van der Waals surface area contributed by atoms with Crippen molar-refractivity contribution in [2.24, 2.45) is 22.9 Å². The van der Waals surface area contributed by atoms with E-state index < -0.39 is 35.1 Å². The second-order valence-electron chi connectivity index (χ2n) is 17.1. The van der Waals surface area contributed by atoms with Crippen molar-refractivity contribution in [2.75, 3.05) is 45.7 Å². The highest BCUT2D eigenvalue weighted by Gasteiger charge is 2.66. The van der Waals surface area contributed by atoms with E-state index in [1.54, 1.807) is 29.2 Å². The maximum Gasteiger partial charge on any atom is 0.410 e. The Labute approximate surface area is 389 Å². The molecule has 16 nitrogen and oxygen atoms in total. The minimum absolute atomic E-state index is 0.0259. The van der Waals surface area contributed by atoms with Crippen molar-refractivity contribution < 1.29 is 57.9 Å². The Kier molecular flexibility index (Phi) is 15.7. The number of allylic oxidation sites excluding steroid dienone is 1. The van der Waals surface area contributed by atoms with Gasteiger partial charge in [0.05, 0.1) is 41.7 Å². The third-order valence-corrected chi connectivity index (χ3v) is 13.2. The molecule has 3 heterocycles. The lowest BCUT2D eigenvalue weighted by Crippen LogP contribution is -2.70. The number of nitrogens with zero attached hydrogens (tertiary/aromatic N) is 3. The summed E-state index contributed by atoms with van der Waals surface area (Å²) in [6.45, 7) is 4.79. The lowest BCUT2D eigenvalue weighted by Gasteiger charge is -2.59. The van der Waals surface area contributed by atoms with E-state index >= 15 is 0 Å². The monoisotopic (exact) mass is 931 g/mol. The van der Waals surface area contributed by atoms with Gasteiger partial charge in [0.2, 0.25) is 18.9 Å². The Hall–Kier alpha value is -5.39. The van der Waals surface area contributed by atoms with Crippen LogP contribution >= 0.6 is 11.6 Å². The number of benzene rings is 3. The van der Waals surface area contributed by atoms with Gasteiger partial charge in [-0.3, -0.25) is 15.0 Å². The Morgan fingerprint density at radius 2 is 1.80 bits per heavy atom. The number of carbonyl (C=O) groups is 1. The molecule has 354 valence electrons. The Morgan fingerprint density at radius 3 is 2.58 bits per heavy atom. The van der Waals surface area contributed by atoms with E-state index in [9.17, 15) is 25.1 Å². The molecule has 5 aliphatic rings. The number of carbonyl (C=O) groups excluding carboxylic acids is 1. The van der Waals surface area contributed by atoms with E-state index in [2.05, 4.69) is 12.7 Å². The van der Waals surface area contributed by atoms with Crippen LogP contribution < -0.4 is 18.9 Å². The molecule has 2 N–H and O–H groups in total. The van der Waals surface area contributed by atoms with Crippen molar-refractivity contribution in [2.45, 2.75) is 94.8 Å². The third-order valence-electron chi connectivity index (χ3n) is 13.0. The fraction of sp³-hybridized carbons (Fsp3) is 0.510. The van der Waals surface area contributed by atoms with Crippen LogP contribution in [-0.4, -0.2) is 95.7 Å². The number of hydrogen-bond acceptors (Lipinski definition) is 14. The first-order valence-corrected chi connectivity index (χ1v) is 23.5. The lowest BCUT2D eigenvalue weighted by atomic mass is 9.55. The Balaban J connectivity index is 1.33. The average molecular weight is 932 g/mol. The molecule has 0 spiro atoms. The summed E-state index contributed by atoms with van der Waals surface area (Å²) in [7, 11) is 0. The molecule has 3 aromatic carbocycles. The van der Waals surface area contributed by atoms with Crippen molar-refractivity contribution in [1.29, 1.82) is 0 Å². The first-order valence-electron chi connectivity index (χ1n) is 22.9. The second-order valence-corrected chi connectivity index (χ2v) is 17.5. The van der Waals surface area contributed by atoms with Crippen LogP contribution in [-0.2, 0) is 25.6 Å². The molecule has 7 atom stereocenters. The summed E-state index contributed by atoms with van der Waals surface area (Å²) in [6.07, 6.45) is 9.50. The third kappa shape index (κ3) is 10.3. The molecule has 66 heavy (non-hydrogen) atoms. The zero-order chi connectivity index (χ0) is 46.0. The van der Waals surface area contributed by atoms with Gasteiger partial charge in [-0.1, -0.05) is 42.3 Å². The molecular formula is C49H58ClN3O13. The quantitative estimate of drug-likeness (QED) is 0.0338. The summed E-state index contributed by atoms with van der Waals surface area (Å²) in [5, 5.41) is 36.6. The minimum atomic E-state index is -1.58. The number of halogens is 1. The van der Waals surface area contributed by atoms with Crippen LogP contribution in [0.25, 0.3) is 0 Å². The molecule has 1 unspecified atom stereocenters. The molecule has 3 aromatic rings. The van der Waals surface area contributed by atoms with E-state index in [1.807, 2.05) is 30.3 Å². The van der Waals surface area contributed by atoms with Crippen LogP contribution in [0.15, 0.2) is 90.1 Å². The number of aliphatic hydroxyl groups is 2. The fourth-order valence-electron chi connectivity index (χ4n) is 10.2. The summed E-state index contributed by atoms with van der Waals surface area (Å²) in [4.78, 5) is 33.8. The number of oxime groups is 1. The number of hydrogen-bond donors (Lipinski definition) is 2. The van der Waals surface area contributed by atoms with E-state index in [1.165, 1.54) is 12.1 Å². The predicted octanol–water partition coefficient (Wildman–Crippen LogP) is 9.15. The zero-order valence-electron chi connectivity index (χ0n) is 36.9. The van der Waals surface area contributed by atoms with Crippen LogP contribution in [0.5, 0.6) is 28.7 Å². The first-order chi connectivity index (χ1) is 32.3. The first kappa shape index (κ1) is 47.1. The molecule has 1 saturated heterocycles. The van der Waals surface area contributed by atoms with Crippen LogP contribution in [0.2, 0.25) is 0 Å². The van der Waals surface area contributed by atoms with Gasteiger partial charge in [0.1, 0.15) is 29.9 Å². The van der Waals surface area contributed by atoms with Gasteiger partial charge in [-0.05, 0) is 97.9 Å². The van der Waals surface area contributed by atoms with E-state index in [-0.39, 0.29) is 75.5 Å². The largest absolute Gasteiger partial charge is 0.459 e. The number of rotatable bonds is 21. The minimum Gasteiger partial charge on any atom is -0.459 e. The molecule has 3 aliphatic heterocycles. The summed E-state index contributed by atoms with van der Waals surface area (Å²) in [6, 6.07) is 16.1. The number of amides is 1. The van der Waals surface area contributed by atoms with Gasteiger partial charge >= 0.3 is 6.09 Å². The summed E-state index contributed by atoms with van der Waals surface area (Å²) < 4.78 is 44.0. The molecule has 2 aliphatic carbocycles. The number of aliphatic hydroxyl groups excluding tert-OH is 2. The van der Waals surface area contributed by atoms with E-state index in [0.29, 0.717) is 66.7 Å². The molecule has 2 fully saturated rings. The highest BCUT2D eigenvalue weighted by Crippen LogP contribution is 2.62. The highest BCUT2D eigenvalue weighted by molar-refractivity contribution is 6.18. The molecule has 1 saturated carbocycles. The number of nitro groups is 1. The summed E-state index contributed by atoms with van der Waals surface area (Å²) in [5.41, 5.74) is 2.88. The maximum atomic E-state index is 14.7. The second kappa shape index (κ2) is 21.9. The smallest absolute Gasteiger partial charge is 0.410 e. The highest BCUT2D eigenvalue weighted by atomic mass is 35.5. The molecular weight excluding hydrogens is 874 g/mol. The van der Waals surface area contributed by atoms with E-state index in [0.717, 1.165) is 48.8 Å². The molecule has 17 heteroatoms. The number of nitro benzene ring substituents is 1. The summed E-state index contributed by atoms with van der Waals surface area (Å²) >= 11 is 6.13. The number of non-ortho nitro benzene ring substituents is 1. The van der Waals surface area contributed by atoms with Gasteiger partial charge in [0.15, 0.2) is 11.5 Å². The number of fused-ring (bicyclic) bond motifs is 3. The van der Waals surface area contributed by atoms with Gasteiger partial charge in [-0.2, -0.15) is 0 Å².